The van der Waals surface area contributed by atoms with Gasteiger partial charge in [0.2, 0.25) is 41.4 Å². The first-order chi connectivity index (χ1) is 34.6. The minimum absolute atomic E-state index is 0.0293. The van der Waals surface area contributed by atoms with Crippen molar-refractivity contribution in [2.75, 3.05) is 0 Å². The average Bonchev–Trinajstić information content (AvgIpc) is 3.27. The van der Waals surface area contributed by atoms with Gasteiger partial charge in [-0.05, 0) is 80.5 Å². The number of hydrogen-bond acceptors (Lipinski definition) is 11. The summed E-state index contributed by atoms with van der Waals surface area (Å²) in [6, 6.07) is -9.64. The van der Waals surface area contributed by atoms with E-state index in [4.69, 9.17) is 4.74 Å². The number of carbonyl (C=O) groups is 10. The Bertz CT molecular complexity index is 1820. The highest BCUT2D eigenvalue weighted by Crippen LogP contribution is 2.19. The van der Waals surface area contributed by atoms with Crippen molar-refractivity contribution in [2.45, 2.75) is 247 Å². The maximum absolute atomic E-state index is 14.2. The normalized spacial score (nSPS) is 23.9. The molecule has 7 amide bonds. The van der Waals surface area contributed by atoms with Crippen molar-refractivity contribution in [3.05, 3.63) is 0 Å². The van der Waals surface area contributed by atoms with Crippen molar-refractivity contribution >= 4 is 59.3 Å². The number of nitrogens with one attached hydrogen (secondary N) is 7. The highest BCUT2D eigenvalue weighted by Gasteiger charge is 2.37. The molecule has 20 heteroatoms. The number of amides is 7. The molecular weight excluding hydrogens is 955 g/mol. The number of cyclic esters (lactones) is 1. The number of hydrogen-bond donors (Lipinski definition) is 9. The second-order valence-electron chi connectivity index (χ2n) is 22.8. The summed E-state index contributed by atoms with van der Waals surface area (Å²) in [5, 5.41) is 38.0. The number of rotatable bonds is 25. The van der Waals surface area contributed by atoms with Gasteiger partial charge >= 0.3 is 17.9 Å². The zero-order valence-electron chi connectivity index (χ0n) is 46.7. The fourth-order valence-corrected chi connectivity index (χ4v) is 8.73. The summed E-state index contributed by atoms with van der Waals surface area (Å²) in [6.45, 7) is 22.1. The molecule has 0 spiro atoms. The number of aliphatic carboxylic acids is 2. The Labute approximate surface area is 440 Å². The van der Waals surface area contributed by atoms with Crippen LogP contribution in [-0.4, -0.2) is 118 Å². The summed E-state index contributed by atoms with van der Waals surface area (Å²) in [4.78, 5) is 137. The topological polar surface area (TPSA) is 305 Å². The largest absolute Gasteiger partial charge is 0.481 e. The molecule has 1 aliphatic heterocycles. The van der Waals surface area contributed by atoms with Crippen LogP contribution < -0.4 is 37.2 Å². The van der Waals surface area contributed by atoms with E-state index in [0.717, 1.165) is 32.1 Å². The summed E-state index contributed by atoms with van der Waals surface area (Å²) in [6.07, 6.45) is 6.21. The molecule has 8 unspecified atom stereocenters. The number of carboxylic acids is 2. The number of ether oxygens (including phenoxy) is 1. The number of carboxylic acid groups (broad SMARTS) is 2. The number of carbonyl (C=O) groups excluding carboxylic acids is 8. The molecule has 1 saturated heterocycles. The molecule has 1 fully saturated rings. The van der Waals surface area contributed by atoms with Crippen LogP contribution in [0.25, 0.3) is 0 Å². The summed E-state index contributed by atoms with van der Waals surface area (Å²) in [5.74, 6) is -10.1. The molecule has 0 aromatic heterocycles. The number of unbranched alkanes of at least 4 members (excludes halogenated alkanes) is 7. The lowest BCUT2D eigenvalue weighted by atomic mass is 9.98. The Morgan fingerprint density at radius 2 is 0.811 bits per heavy atom. The monoisotopic (exact) mass is 1050 g/mol. The fourth-order valence-electron chi connectivity index (χ4n) is 8.73. The molecule has 74 heavy (non-hydrogen) atoms. The maximum atomic E-state index is 14.2. The molecule has 0 aromatic rings. The molecule has 0 radical (unpaired) electrons. The number of esters is 1. The van der Waals surface area contributed by atoms with Crippen molar-refractivity contribution in [1.29, 1.82) is 0 Å². The van der Waals surface area contributed by atoms with Crippen molar-refractivity contribution in [1.82, 2.24) is 37.2 Å². The van der Waals surface area contributed by atoms with Crippen LogP contribution in [0.15, 0.2) is 0 Å². The van der Waals surface area contributed by atoms with Gasteiger partial charge in [-0.2, -0.15) is 0 Å². The van der Waals surface area contributed by atoms with Crippen molar-refractivity contribution in [3.8, 4) is 0 Å². The Balaban J connectivity index is 3.92. The molecule has 20 nitrogen and oxygen atoms in total. The average molecular weight is 1050 g/mol. The van der Waals surface area contributed by atoms with Gasteiger partial charge < -0.3 is 52.2 Å². The SMILES string of the molecule is CC(C)CCCCCCCCCCC1CC(=O)NC(CCC(=O)O)C(=O)NC(CC(C)C)C(=O)NC(CC(C)C)C(=O)NC(CC(C)C)C(=O)NC(CC(=O)O)C(=O)NC(CC(C)C)C(=O)NC(C(C)C)C(=O)O1. The van der Waals surface area contributed by atoms with Gasteiger partial charge in [0.05, 0.1) is 12.8 Å². The van der Waals surface area contributed by atoms with Gasteiger partial charge in [-0.15, -0.1) is 0 Å². The minimum Gasteiger partial charge on any atom is -0.481 e. The van der Waals surface area contributed by atoms with Crippen molar-refractivity contribution in [2.24, 2.45) is 35.5 Å². The van der Waals surface area contributed by atoms with Gasteiger partial charge in [-0.3, -0.25) is 43.2 Å². The van der Waals surface area contributed by atoms with Gasteiger partial charge in [-0.1, -0.05) is 134 Å². The molecular formula is C54H95N7O13. The third kappa shape index (κ3) is 28.4. The molecule has 0 bridgehead atoms. The highest BCUT2D eigenvalue weighted by atomic mass is 16.5. The van der Waals surface area contributed by atoms with Gasteiger partial charge in [0.25, 0.3) is 0 Å². The van der Waals surface area contributed by atoms with E-state index in [1.54, 1.807) is 55.4 Å². The second-order valence-corrected chi connectivity index (χ2v) is 22.8. The third-order valence-electron chi connectivity index (χ3n) is 12.6. The van der Waals surface area contributed by atoms with Crippen molar-refractivity contribution < 1.29 is 62.9 Å². The molecule has 0 saturated carbocycles. The molecule has 1 aliphatic rings. The van der Waals surface area contributed by atoms with Crippen LogP contribution >= 0.6 is 0 Å². The standard InChI is InChI=1S/C54H95N7O13/c1-31(2)21-19-17-15-13-14-16-18-20-22-37-29-44(62)55-38(23-24-45(63)64)48(67)56-39(25-32(3)4)49(68)57-40(26-33(5)6)50(69)58-41(27-34(7)8)51(70)60-43(30-46(65)66)52(71)59-42(28-35(9)10)53(72)61-47(36(11)12)54(73)74-37/h31-43,47H,13-30H2,1-12H3,(H,55,62)(H,56,67)(H,57,68)(H,58,69)(H,59,71)(H,60,70)(H,61,72)(H,63,64)(H,65,66). The Kier molecular flexibility index (Phi) is 31.6. The third-order valence-corrected chi connectivity index (χ3v) is 12.6. The summed E-state index contributed by atoms with van der Waals surface area (Å²) < 4.78 is 6.02. The second kappa shape index (κ2) is 35.0. The minimum atomic E-state index is -1.72. The maximum Gasteiger partial charge on any atom is 0.329 e. The lowest BCUT2D eigenvalue weighted by molar-refractivity contribution is -0.156. The van der Waals surface area contributed by atoms with E-state index in [2.05, 4.69) is 51.1 Å². The smallest absolute Gasteiger partial charge is 0.329 e. The van der Waals surface area contributed by atoms with E-state index < -0.39 is 133 Å². The zero-order chi connectivity index (χ0) is 56.2. The predicted octanol–water partition coefficient (Wildman–Crippen LogP) is 5.43. The van der Waals surface area contributed by atoms with E-state index in [-0.39, 0.29) is 62.2 Å². The summed E-state index contributed by atoms with van der Waals surface area (Å²) in [7, 11) is 0. The molecule has 8 atom stereocenters. The quantitative estimate of drug-likeness (QED) is 0.0408. The van der Waals surface area contributed by atoms with E-state index in [9.17, 15) is 58.2 Å². The summed E-state index contributed by atoms with van der Waals surface area (Å²) >= 11 is 0. The van der Waals surface area contributed by atoms with Crippen LogP contribution in [0.4, 0.5) is 0 Å². The van der Waals surface area contributed by atoms with E-state index in [1.807, 2.05) is 13.8 Å². The first-order valence-corrected chi connectivity index (χ1v) is 27.3. The molecule has 1 rings (SSSR count). The first kappa shape index (κ1) is 66.7. The first-order valence-electron chi connectivity index (χ1n) is 27.3. The van der Waals surface area contributed by atoms with Crippen LogP contribution in [0.3, 0.4) is 0 Å². The molecule has 1 heterocycles. The predicted molar refractivity (Wildman–Crippen MR) is 281 cm³/mol. The Morgan fingerprint density at radius 1 is 0.446 bits per heavy atom. The van der Waals surface area contributed by atoms with Gasteiger partial charge in [0.1, 0.15) is 48.4 Å². The summed E-state index contributed by atoms with van der Waals surface area (Å²) in [5.41, 5.74) is 0. The van der Waals surface area contributed by atoms with Crippen LogP contribution in [0.1, 0.15) is 199 Å². The fraction of sp³-hybridized carbons (Fsp3) is 0.815. The van der Waals surface area contributed by atoms with Crippen LogP contribution in [0.5, 0.6) is 0 Å². The molecule has 9 N–H and O–H groups in total. The van der Waals surface area contributed by atoms with E-state index in [1.165, 1.54) is 19.3 Å². The highest BCUT2D eigenvalue weighted by molar-refractivity contribution is 5.98. The van der Waals surface area contributed by atoms with Crippen molar-refractivity contribution in [3.63, 3.8) is 0 Å². The Hall–Kier alpha value is -5.30. The van der Waals surface area contributed by atoms with Gasteiger partial charge in [-0.25, -0.2) is 4.79 Å². The lowest BCUT2D eigenvalue weighted by Gasteiger charge is -2.29. The van der Waals surface area contributed by atoms with E-state index >= 15 is 0 Å². The van der Waals surface area contributed by atoms with Gasteiger partial charge in [0.15, 0.2) is 0 Å². The van der Waals surface area contributed by atoms with Crippen LogP contribution in [0.2, 0.25) is 0 Å². The lowest BCUT2D eigenvalue weighted by Crippen LogP contribution is -2.60. The van der Waals surface area contributed by atoms with Crippen LogP contribution in [0, 0.1) is 35.5 Å². The molecule has 0 aliphatic carbocycles. The molecule has 424 valence electrons. The van der Waals surface area contributed by atoms with E-state index in [0.29, 0.717) is 12.3 Å². The van der Waals surface area contributed by atoms with Gasteiger partial charge in [0, 0.05) is 6.42 Å². The zero-order valence-corrected chi connectivity index (χ0v) is 46.7. The Morgan fingerprint density at radius 3 is 1.19 bits per heavy atom. The molecule has 0 aromatic carbocycles. The van der Waals surface area contributed by atoms with Crippen LogP contribution in [-0.2, 0) is 52.7 Å².